The lowest BCUT2D eigenvalue weighted by Gasteiger charge is -2.22. The van der Waals surface area contributed by atoms with Gasteiger partial charge in [-0.15, -0.1) is 0 Å². The molecule has 0 rings (SSSR count). The predicted octanol–water partition coefficient (Wildman–Crippen LogP) is 0.925. The summed E-state index contributed by atoms with van der Waals surface area (Å²) in [5.74, 6) is 0.162. The van der Waals surface area contributed by atoms with Crippen molar-refractivity contribution in [3.05, 3.63) is 0 Å². The Bertz CT molecular complexity index is 179. The second kappa shape index (κ2) is 11.8. The Labute approximate surface area is 104 Å². The van der Waals surface area contributed by atoms with Gasteiger partial charge in [0.25, 0.3) is 0 Å². The molecule has 0 unspecified atom stereocenters. The summed E-state index contributed by atoms with van der Waals surface area (Å²) in [4.78, 5) is 13.7. The summed E-state index contributed by atoms with van der Waals surface area (Å²) in [6.07, 6.45) is 2.35. The molecule has 5 nitrogen and oxygen atoms in total. The molecule has 0 spiro atoms. The number of unbranched alkanes of at least 4 members (excludes halogenated alkanes) is 1. The van der Waals surface area contributed by atoms with Gasteiger partial charge in [-0.3, -0.25) is 4.79 Å². The van der Waals surface area contributed by atoms with Crippen molar-refractivity contribution in [2.24, 2.45) is 0 Å². The number of methoxy groups -OCH3 is 3. The van der Waals surface area contributed by atoms with E-state index in [1.54, 1.807) is 26.2 Å². The van der Waals surface area contributed by atoms with Gasteiger partial charge in [0.2, 0.25) is 5.91 Å². The first kappa shape index (κ1) is 16.4. The molecule has 0 N–H and O–H groups in total. The van der Waals surface area contributed by atoms with Gasteiger partial charge in [-0.1, -0.05) is 0 Å². The van der Waals surface area contributed by atoms with Crippen LogP contribution < -0.4 is 0 Å². The van der Waals surface area contributed by atoms with E-state index in [0.717, 1.165) is 12.8 Å². The van der Waals surface area contributed by atoms with E-state index in [0.29, 0.717) is 39.3 Å². The molecule has 0 fully saturated rings. The molecule has 0 heterocycles. The highest BCUT2D eigenvalue weighted by Crippen LogP contribution is 2.01. The van der Waals surface area contributed by atoms with Crippen molar-refractivity contribution in [2.45, 2.75) is 19.3 Å². The average Bonchev–Trinajstić information content (AvgIpc) is 2.34. The molecule has 0 aliphatic carbocycles. The Morgan fingerprint density at radius 1 is 0.882 bits per heavy atom. The van der Waals surface area contributed by atoms with Crippen LogP contribution in [0, 0.1) is 0 Å². The van der Waals surface area contributed by atoms with Crippen molar-refractivity contribution in [1.82, 2.24) is 4.90 Å². The van der Waals surface area contributed by atoms with Crippen molar-refractivity contribution in [3.63, 3.8) is 0 Å². The number of carbonyl (C=O) groups excluding carboxylic acids is 1. The highest BCUT2D eigenvalue weighted by Gasteiger charge is 2.12. The van der Waals surface area contributed by atoms with Crippen LogP contribution in [0.5, 0.6) is 0 Å². The highest BCUT2D eigenvalue weighted by molar-refractivity contribution is 5.76. The van der Waals surface area contributed by atoms with E-state index in [4.69, 9.17) is 14.2 Å². The maximum atomic E-state index is 11.9. The van der Waals surface area contributed by atoms with Crippen LogP contribution in [0.15, 0.2) is 0 Å². The van der Waals surface area contributed by atoms with E-state index in [-0.39, 0.29) is 5.91 Å². The quantitative estimate of drug-likeness (QED) is 0.510. The minimum absolute atomic E-state index is 0.162. The van der Waals surface area contributed by atoms with Gasteiger partial charge < -0.3 is 19.1 Å². The molecular formula is C12H25NO4. The maximum absolute atomic E-state index is 11.9. The number of rotatable bonds is 11. The van der Waals surface area contributed by atoms with Gasteiger partial charge in [0.1, 0.15) is 0 Å². The second-order valence-corrected chi connectivity index (χ2v) is 3.82. The maximum Gasteiger partial charge on any atom is 0.222 e. The molecule has 0 saturated carbocycles. The fourth-order valence-corrected chi connectivity index (χ4v) is 1.44. The molecular weight excluding hydrogens is 222 g/mol. The summed E-state index contributed by atoms with van der Waals surface area (Å²) in [5, 5.41) is 0. The minimum atomic E-state index is 0.162. The topological polar surface area (TPSA) is 48.0 Å². The highest BCUT2D eigenvalue weighted by atomic mass is 16.5. The summed E-state index contributed by atoms with van der Waals surface area (Å²) >= 11 is 0. The lowest BCUT2D eigenvalue weighted by Crippen LogP contribution is -2.36. The molecule has 5 heteroatoms. The third kappa shape index (κ3) is 9.09. The van der Waals surface area contributed by atoms with E-state index in [9.17, 15) is 4.79 Å². The largest absolute Gasteiger partial charge is 0.385 e. The summed E-state index contributed by atoms with van der Waals surface area (Å²) < 4.78 is 14.9. The molecule has 0 aliphatic heterocycles. The molecule has 17 heavy (non-hydrogen) atoms. The van der Waals surface area contributed by atoms with Gasteiger partial charge in [-0.25, -0.2) is 0 Å². The van der Waals surface area contributed by atoms with Crippen LogP contribution in [0.1, 0.15) is 19.3 Å². The Balaban J connectivity index is 3.85. The van der Waals surface area contributed by atoms with Crippen LogP contribution in [0.3, 0.4) is 0 Å². The third-order valence-electron chi connectivity index (χ3n) is 2.47. The van der Waals surface area contributed by atoms with Crippen molar-refractivity contribution in [2.75, 3.05) is 54.2 Å². The number of hydrogen-bond donors (Lipinski definition) is 0. The lowest BCUT2D eigenvalue weighted by molar-refractivity contribution is -0.132. The van der Waals surface area contributed by atoms with Gasteiger partial charge in [-0.05, 0) is 12.8 Å². The van der Waals surface area contributed by atoms with Crippen molar-refractivity contribution in [1.29, 1.82) is 0 Å². The zero-order valence-corrected chi connectivity index (χ0v) is 11.2. The number of ether oxygens (including phenoxy) is 3. The molecule has 0 aromatic heterocycles. The van der Waals surface area contributed by atoms with Crippen LogP contribution >= 0.6 is 0 Å². The molecule has 0 saturated heterocycles. The normalized spacial score (nSPS) is 10.5. The van der Waals surface area contributed by atoms with Gasteiger partial charge in [0.05, 0.1) is 13.2 Å². The summed E-state index contributed by atoms with van der Waals surface area (Å²) in [6, 6.07) is 0. The lowest BCUT2D eigenvalue weighted by atomic mass is 10.2. The Kier molecular flexibility index (Phi) is 11.4. The van der Waals surface area contributed by atoms with Crippen molar-refractivity contribution >= 4 is 5.91 Å². The fourth-order valence-electron chi connectivity index (χ4n) is 1.44. The smallest absolute Gasteiger partial charge is 0.222 e. The molecule has 1 amide bonds. The standard InChI is InChI=1S/C12H25NO4/c1-15-9-5-4-6-12(14)13(7-10-16-2)8-11-17-3/h4-11H2,1-3H3. The molecule has 0 radical (unpaired) electrons. The zero-order chi connectivity index (χ0) is 12.9. The monoisotopic (exact) mass is 247 g/mol. The molecule has 0 aromatic carbocycles. The van der Waals surface area contributed by atoms with Crippen LogP contribution in [0.2, 0.25) is 0 Å². The molecule has 102 valence electrons. The minimum Gasteiger partial charge on any atom is -0.385 e. The van der Waals surface area contributed by atoms with Crippen molar-refractivity contribution < 1.29 is 19.0 Å². The van der Waals surface area contributed by atoms with Crippen LogP contribution in [0.4, 0.5) is 0 Å². The van der Waals surface area contributed by atoms with Crippen LogP contribution in [0.25, 0.3) is 0 Å². The SMILES string of the molecule is COCCCCC(=O)N(CCOC)CCOC. The van der Waals surface area contributed by atoms with Crippen molar-refractivity contribution in [3.8, 4) is 0 Å². The van der Waals surface area contributed by atoms with E-state index in [1.165, 1.54) is 0 Å². The van der Waals surface area contributed by atoms with E-state index < -0.39 is 0 Å². The summed E-state index contributed by atoms with van der Waals surface area (Å²) in [6.45, 7) is 3.09. The van der Waals surface area contributed by atoms with Gasteiger partial charge in [-0.2, -0.15) is 0 Å². The van der Waals surface area contributed by atoms with Crippen LogP contribution in [-0.2, 0) is 19.0 Å². The number of carbonyl (C=O) groups is 1. The van der Waals surface area contributed by atoms with E-state index in [1.807, 2.05) is 0 Å². The first-order valence-electron chi connectivity index (χ1n) is 6.00. The second-order valence-electron chi connectivity index (χ2n) is 3.82. The average molecular weight is 247 g/mol. The Morgan fingerprint density at radius 3 is 1.88 bits per heavy atom. The molecule has 0 atom stereocenters. The molecule has 0 aliphatic rings. The van der Waals surface area contributed by atoms with Crippen LogP contribution in [-0.4, -0.2) is 65.0 Å². The summed E-state index contributed by atoms with van der Waals surface area (Å²) in [7, 11) is 4.94. The first-order valence-corrected chi connectivity index (χ1v) is 6.00. The molecule has 0 aromatic rings. The number of amides is 1. The Hall–Kier alpha value is -0.650. The zero-order valence-electron chi connectivity index (χ0n) is 11.2. The predicted molar refractivity (Wildman–Crippen MR) is 66.1 cm³/mol. The van der Waals surface area contributed by atoms with E-state index >= 15 is 0 Å². The first-order chi connectivity index (χ1) is 8.26. The van der Waals surface area contributed by atoms with E-state index in [2.05, 4.69) is 0 Å². The van der Waals surface area contributed by atoms with Gasteiger partial charge in [0, 0.05) is 47.4 Å². The van der Waals surface area contributed by atoms with Gasteiger partial charge >= 0.3 is 0 Å². The fraction of sp³-hybridized carbons (Fsp3) is 0.917. The van der Waals surface area contributed by atoms with Gasteiger partial charge in [0.15, 0.2) is 0 Å². The third-order valence-corrected chi connectivity index (χ3v) is 2.47. The summed E-state index contributed by atoms with van der Waals surface area (Å²) in [5.41, 5.74) is 0. The number of hydrogen-bond acceptors (Lipinski definition) is 4. The molecule has 0 bridgehead atoms. The number of nitrogens with zero attached hydrogens (tertiary/aromatic N) is 1. The Morgan fingerprint density at radius 2 is 1.41 bits per heavy atom.